The van der Waals surface area contributed by atoms with E-state index < -0.39 is 10.0 Å². The largest absolute Gasteiger partial charge is 0.497 e. The first-order valence-electron chi connectivity index (χ1n) is 9.42. The highest BCUT2D eigenvalue weighted by molar-refractivity contribution is 7.89. The summed E-state index contributed by atoms with van der Waals surface area (Å²) in [6, 6.07) is 15.2. The zero-order chi connectivity index (χ0) is 20.0. The Kier molecular flexibility index (Phi) is 6.70. The summed E-state index contributed by atoms with van der Waals surface area (Å²) in [5, 5.41) is 2.80. The molecule has 1 N–H and O–H groups in total. The first-order valence-corrected chi connectivity index (χ1v) is 11.0. The number of hydrogen-bond donors (Lipinski definition) is 1. The summed E-state index contributed by atoms with van der Waals surface area (Å²) in [4.78, 5) is 11.9. The monoisotopic (exact) mass is 402 g/mol. The first kappa shape index (κ1) is 20.4. The lowest BCUT2D eigenvalue weighted by molar-refractivity contribution is -0.120. The summed E-state index contributed by atoms with van der Waals surface area (Å²) in [6.45, 7) is 1.22. The van der Waals surface area contributed by atoms with Gasteiger partial charge >= 0.3 is 0 Å². The predicted molar refractivity (Wildman–Crippen MR) is 109 cm³/mol. The van der Waals surface area contributed by atoms with Gasteiger partial charge in [-0.25, -0.2) is 8.42 Å². The molecule has 2 aromatic carbocycles. The van der Waals surface area contributed by atoms with Gasteiger partial charge in [-0.15, -0.1) is 0 Å². The summed E-state index contributed by atoms with van der Waals surface area (Å²) in [5.74, 6) is 0.732. The Hall–Kier alpha value is -2.38. The molecular weight excluding hydrogens is 376 g/mol. The molecule has 0 bridgehead atoms. The quantitative estimate of drug-likeness (QED) is 0.687. The fourth-order valence-electron chi connectivity index (χ4n) is 3.32. The second kappa shape index (κ2) is 9.21. The van der Waals surface area contributed by atoms with Crippen LogP contribution in [0.5, 0.6) is 5.75 Å². The molecule has 1 amide bonds. The van der Waals surface area contributed by atoms with E-state index in [1.165, 1.54) is 4.31 Å². The number of rotatable bonds is 8. The van der Waals surface area contributed by atoms with E-state index in [2.05, 4.69) is 5.32 Å². The molecule has 0 radical (unpaired) electrons. The number of nitrogens with zero attached hydrogens (tertiary/aromatic N) is 1. The van der Waals surface area contributed by atoms with Crippen molar-refractivity contribution in [1.29, 1.82) is 0 Å². The molecule has 0 saturated heterocycles. The van der Waals surface area contributed by atoms with Crippen molar-refractivity contribution >= 4 is 15.9 Å². The van der Waals surface area contributed by atoms with E-state index in [1.54, 1.807) is 7.11 Å². The van der Waals surface area contributed by atoms with Crippen molar-refractivity contribution < 1.29 is 17.9 Å². The second-order valence-corrected chi connectivity index (χ2v) is 8.99. The molecule has 0 saturated carbocycles. The van der Waals surface area contributed by atoms with Crippen molar-refractivity contribution in [3.63, 3.8) is 0 Å². The summed E-state index contributed by atoms with van der Waals surface area (Å²) in [5.41, 5.74) is 3.10. The van der Waals surface area contributed by atoms with Crippen molar-refractivity contribution in [3.05, 3.63) is 65.2 Å². The Morgan fingerprint density at radius 1 is 1.14 bits per heavy atom. The summed E-state index contributed by atoms with van der Waals surface area (Å²) in [6.07, 6.45) is 1.38. The third-order valence-corrected chi connectivity index (χ3v) is 6.80. The van der Waals surface area contributed by atoms with Gasteiger partial charge in [0, 0.05) is 19.6 Å². The molecule has 6 nitrogen and oxygen atoms in total. The fourth-order valence-corrected chi connectivity index (χ4v) is 4.80. The van der Waals surface area contributed by atoms with Crippen LogP contribution >= 0.6 is 0 Å². The Labute approximate surface area is 166 Å². The number of amides is 1. The van der Waals surface area contributed by atoms with Crippen LogP contribution in [0.2, 0.25) is 0 Å². The smallest absolute Gasteiger partial charge is 0.224 e. The minimum absolute atomic E-state index is 0.0319. The van der Waals surface area contributed by atoms with Crippen LogP contribution in [0.25, 0.3) is 0 Å². The van der Waals surface area contributed by atoms with E-state index in [0.29, 0.717) is 38.9 Å². The Morgan fingerprint density at radius 3 is 2.68 bits per heavy atom. The molecule has 150 valence electrons. The second-order valence-electron chi connectivity index (χ2n) is 6.90. The molecule has 1 heterocycles. The van der Waals surface area contributed by atoms with Gasteiger partial charge in [0.15, 0.2) is 0 Å². The van der Waals surface area contributed by atoms with Gasteiger partial charge in [-0.05, 0) is 41.7 Å². The van der Waals surface area contributed by atoms with Crippen molar-refractivity contribution in [1.82, 2.24) is 9.62 Å². The minimum atomic E-state index is -3.35. The van der Waals surface area contributed by atoms with E-state index in [1.807, 2.05) is 48.5 Å². The molecule has 3 rings (SSSR count). The Balaban J connectivity index is 1.46. The summed E-state index contributed by atoms with van der Waals surface area (Å²) in [7, 11) is -1.72. The average molecular weight is 403 g/mol. The lowest BCUT2D eigenvalue weighted by Gasteiger charge is -2.28. The minimum Gasteiger partial charge on any atom is -0.497 e. The number of fused-ring (bicyclic) bond motifs is 1. The van der Waals surface area contributed by atoms with Crippen molar-refractivity contribution in [2.45, 2.75) is 25.8 Å². The summed E-state index contributed by atoms with van der Waals surface area (Å²) >= 11 is 0. The zero-order valence-electron chi connectivity index (χ0n) is 16.1. The van der Waals surface area contributed by atoms with Gasteiger partial charge in [0.05, 0.1) is 19.3 Å². The maximum Gasteiger partial charge on any atom is 0.224 e. The molecule has 28 heavy (non-hydrogen) atoms. The highest BCUT2D eigenvalue weighted by Gasteiger charge is 2.26. The van der Waals surface area contributed by atoms with Gasteiger partial charge in [-0.2, -0.15) is 4.31 Å². The molecular formula is C21H26N2O4S. The number of hydrogen-bond acceptors (Lipinski definition) is 4. The Bertz CT molecular complexity index is 913. The number of methoxy groups -OCH3 is 1. The molecule has 0 fully saturated rings. The Morgan fingerprint density at radius 2 is 1.93 bits per heavy atom. The molecule has 1 aliphatic heterocycles. The third kappa shape index (κ3) is 5.33. The van der Waals surface area contributed by atoms with E-state index in [9.17, 15) is 13.2 Å². The number of benzene rings is 2. The molecule has 0 aliphatic carbocycles. The zero-order valence-corrected chi connectivity index (χ0v) is 16.9. The predicted octanol–water partition coefficient (Wildman–Crippen LogP) is 2.13. The van der Waals surface area contributed by atoms with Crippen LogP contribution in [0.4, 0.5) is 0 Å². The molecule has 0 atom stereocenters. The number of carbonyl (C=O) groups excluding carboxylic acids is 1. The average Bonchev–Trinajstić information content (AvgIpc) is 2.71. The molecule has 2 aromatic rings. The van der Waals surface area contributed by atoms with Crippen LogP contribution in [0.15, 0.2) is 48.5 Å². The maximum atomic E-state index is 12.6. The van der Waals surface area contributed by atoms with Crippen LogP contribution in [-0.2, 0) is 34.2 Å². The normalized spacial score (nSPS) is 14.3. The third-order valence-electron chi connectivity index (χ3n) is 4.89. The number of sulfonamides is 1. The van der Waals surface area contributed by atoms with Crippen molar-refractivity contribution in [2.24, 2.45) is 0 Å². The van der Waals surface area contributed by atoms with E-state index in [0.717, 1.165) is 22.4 Å². The van der Waals surface area contributed by atoms with Gasteiger partial charge in [0.1, 0.15) is 5.75 Å². The van der Waals surface area contributed by atoms with E-state index >= 15 is 0 Å². The first-order chi connectivity index (χ1) is 13.5. The molecule has 0 unspecified atom stereocenters. The number of carbonyl (C=O) groups is 1. The highest BCUT2D eigenvalue weighted by Crippen LogP contribution is 2.25. The van der Waals surface area contributed by atoms with Crippen molar-refractivity contribution in [3.8, 4) is 5.75 Å². The number of ether oxygens (including phenoxy) is 1. The molecule has 0 aromatic heterocycles. The topological polar surface area (TPSA) is 75.7 Å². The van der Waals surface area contributed by atoms with Gasteiger partial charge < -0.3 is 10.1 Å². The van der Waals surface area contributed by atoms with Crippen molar-refractivity contribution in [2.75, 3.05) is 26.0 Å². The van der Waals surface area contributed by atoms with Gasteiger partial charge in [0.2, 0.25) is 15.9 Å². The molecule has 1 aliphatic rings. The lowest BCUT2D eigenvalue weighted by atomic mass is 10.0. The van der Waals surface area contributed by atoms with Crippen LogP contribution in [0, 0.1) is 0 Å². The van der Waals surface area contributed by atoms with E-state index in [4.69, 9.17) is 4.74 Å². The van der Waals surface area contributed by atoms with Crippen LogP contribution < -0.4 is 10.1 Å². The fraction of sp³-hybridized carbons (Fsp3) is 0.381. The summed E-state index contributed by atoms with van der Waals surface area (Å²) < 4.78 is 32.1. The number of nitrogens with one attached hydrogen (secondary N) is 1. The standard InChI is InChI=1S/C21H26N2O4S/c1-27-20-9-8-19-16-23(12-10-18(19)15-20)28(25,26)13-5-11-22-21(24)14-17-6-3-2-4-7-17/h2-4,6-9,15H,5,10-14,16H2,1H3,(H,22,24). The highest BCUT2D eigenvalue weighted by atomic mass is 32.2. The van der Waals surface area contributed by atoms with E-state index in [-0.39, 0.29) is 11.7 Å². The molecule has 7 heteroatoms. The van der Waals surface area contributed by atoms with Gasteiger partial charge in [-0.1, -0.05) is 36.4 Å². The lowest BCUT2D eigenvalue weighted by Crippen LogP contribution is -2.38. The van der Waals surface area contributed by atoms with Crippen LogP contribution in [-0.4, -0.2) is 44.6 Å². The maximum absolute atomic E-state index is 12.6. The van der Waals surface area contributed by atoms with Gasteiger partial charge in [-0.3, -0.25) is 4.79 Å². The van der Waals surface area contributed by atoms with Gasteiger partial charge in [0.25, 0.3) is 0 Å². The van der Waals surface area contributed by atoms with Crippen LogP contribution in [0.1, 0.15) is 23.1 Å². The van der Waals surface area contributed by atoms with Crippen LogP contribution in [0.3, 0.4) is 0 Å². The molecule has 0 spiro atoms. The SMILES string of the molecule is COc1ccc2c(c1)CCN(S(=O)(=O)CCCNC(=O)Cc1ccccc1)C2.